The number of aromatic nitrogens is 3. The van der Waals surface area contributed by atoms with Crippen LogP contribution in [0.4, 0.5) is 0 Å². The molecule has 0 aromatic carbocycles. The summed E-state index contributed by atoms with van der Waals surface area (Å²) in [5.74, 6) is 1.85. The summed E-state index contributed by atoms with van der Waals surface area (Å²) in [6, 6.07) is 0.685. The molecule has 1 amide bonds. The van der Waals surface area contributed by atoms with Gasteiger partial charge in [0.15, 0.2) is 5.16 Å². The molecule has 1 fully saturated rings. The monoisotopic (exact) mass is 310 g/mol. The van der Waals surface area contributed by atoms with Crippen molar-refractivity contribution in [3.05, 3.63) is 5.82 Å². The summed E-state index contributed by atoms with van der Waals surface area (Å²) in [4.78, 5) is 12.0. The molecule has 1 saturated carbocycles. The van der Waals surface area contributed by atoms with Gasteiger partial charge in [0.2, 0.25) is 5.91 Å². The second-order valence-corrected chi connectivity index (χ2v) is 7.24. The first-order chi connectivity index (χ1) is 9.99. The van der Waals surface area contributed by atoms with Crippen molar-refractivity contribution in [2.75, 3.05) is 5.75 Å². The van der Waals surface area contributed by atoms with Crippen molar-refractivity contribution in [3.8, 4) is 0 Å². The van der Waals surface area contributed by atoms with E-state index in [4.69, 9.17) is 0 Å². The number of carbonyl (C=O) groups is 1. The minimum atomic E-state index is 0.108. The summed E-state index contributed by atoms with van der Waals surface area (Å²) >= 11 is 1.48. The average molecular weight is 310 g/mol. The molecule has 0 saturated heterocycles. The third kappa shape index (κ3) is 4.22. The van der Waals surface area contributed by atoms with Gasteiger partial charge in [0, 0.05) is 18.0 Å². The van der Waals surface area contributed by atoms with Crippen LogP contribution in [0.15, 0.2) is 5.16 Å². The van der Waals surface area contributed by atoms with Crippen LogP contribution in [0.3, 0.4) is 0 Å². The summed E-state index contributed by atoms with van der Waals surface area (Å²) in [7, 11) is 0. The Bertz CT molecular complexity index is 478. The van der Waals surface area contributed by atoms with Gasteiger partial charge >= 0.3 is 0 Å². The predicted molar refractivity (Wildman–Crippen MR) is 85.6 cm³/mol. The highest BCUT2D eigenvalue weighted by atomic mass is 32.2. The summed E-state index contributed by atoms with van der Waals surface area (Å²) in [5.41, 5.74) is 0. The van der Waals surface area contributed by atoms with Crippen molar-refractivity contribution in [2.24, 2.45) is 0 Å². The lowest BCUT2D eigenvalue weighted by atomic mass is 10.2. The quantitative estimate of drug-likeness (QED) is 0.820. The maximum atomic E-state index is 12.0. The normalized spacial score (nSPS) is 16.1. The molecular formula is C15H26N4OS. The highest BCUT2D eigenvalue weighted by Crippen LogP contribution is 2.25. The number of hydrogen-bond donors (Lipinski definition) is 1. The maximum absolute atomic E-state index is 12.0. The van der Waals surface area contributed by atoms with Crippen LogP contribution in [0, 0.1) is 0 Å². The van der Waals surface area contributed by atoms with Crippen molar-refractivity contribution >= 4 is 17.7 Å². The van der Waals surface area contributed by atoms with E-state index < -0.39 is 0 Å². The van der Waals surface area contributed by atoms with Crippen LogP contribution >= 0.6 is 11.8 Å². The molecule has 5 nitrogen and oxygen atoms in total. The molecule has 6 heteroatoms. The Labute approximate surface area is 131 Å². The van der Waals surface area contributed by atoms with Gasteiger partial charge in [0.25, 0.3) is 0 Å². The molecule has 0 spiro atoms. The van der Waals surface area contributed by atoms with Gasteiger partial charge in [-0.2, -0.15) is 0 Å². The number of thioether (sulfide) groups is 1. The van der Waals surface area contributed by atoms with Crippen molar-refractivity contribution in [1.29, 1.82) is 0 Å². The van der Waals surface area contributed by atoms with E-state index in [1.165, 1.54) is 24.6 Å². The summed E-state index contributed by atoms with van der Waals surface area (Å²) in [6.45, 7) is 8.48. The molecule has 1 aromatic rings. The number of hydrogen-bond acceptors (Lipinski definition) is 4. The second kappa shape index (κ2) is 7.29. The Morgan fingerprint density at radius 1 is 1.29 bits per heavy atom. The molecular weight excluding hydrogens is 284 g/mol. The Balaban J connectivity index is 1.94. The Hall–Kier alpha value is -1.04. The minimum absolute atomic E-state index is 0.108. The first-order valence-corrected chi connectivity index (χ1v) is 8.84. The number of amides is 1. The SMILES string of the molecule is CC(C)c1nnc(SCC(=O)NC2CCCC2)n1C(C)C. The molecule has 1 aliphatic carbocycles. The molecule has 0 radical (unpaired) electrons. The predicted octanol–water partition coefficient (Wildman–Crippen LogP) is 3.13. The molecule has 0 aliphatic heterocycles. The van der Waals surface area contributed by atoms with E-state index in [0.717, 1.165) is 23.8 Å². The lowest BCUT2D eigenvalue weighted by Crippen LogP contribution is -2.33. The molecule has 2 rings (SSSR count). The fourth-order valence-electron chi connectivity index (χ4n) is 2.74. The van der Waals surface area contributed by atoms with Crippen LogP contribution in [-0.2, 0) is 4.79 Å². The topological polar surface area (TPSA) is 59.8 Å². The third-order valence-electron chi connectivity index (χ3n) is 3.78. The van der Waals surface area contributed by atoms with Gasteiger partial charge in [-0.1, -0.05) is 38.5 Å². The van der Waals surface area contributed by atoms with Crippen LogP contribution in [0.1, 0.15) is 71.2 Å². The molecule has 1 aliphatic rings. The number of nitrogens with zero attached hydrogens (tertiary/aromatic N) is 3. The average Bonchev–Trinajstić information content (AvgIpc) is 3.04. The fraction of sp³-hybridized carbons (Fsp3) is 0.800. The standard InChI is InChI=1S/C15H26N4OS/c1-10(2)14-17-18-15(19(14)11(3)4)21-9-13(20)16-12-7-5-6-8-12/h10-12H,5-9H2,1-4H3,(H,16,20). The number of nitrogens with one attached hydrogen (secondary N) is 1. The molecule has 0 unspecified atom stereocenters. The molecule has 1 heterocycles. The number of carbonyl (C=O) groups excluding carboxylic acids is 1. The summed E-state index contributed by atoms with van der Waals surface area (Å²) < 4.78 is 2.14. The van der Waals surface area contributed by atoms with E-state index in [1.54, 1.807) is 0 Å². The third-order valence-corrected chi connectivity index (χ3v) is 4.72. The van der Waals surface area contributed by atoms with Crippen molar-refractivity contribution in [2.45, 2.75) is 76.5 Å². The van der Waals surface area contributed by atoms with Gasteiger partial charge in [-0.15, -0.1) is 10.2 Å². The molecule has 0 atom stereocenters. The van der Waals surface area contributed by atoms with Gasteiger partial charge in [-0.3, -0.25) is 4.79 Å². The first-order valence-electron chi connectivity index (χ1n) is 7.86. The van der Waals surface area contributed by atoms with E-state index in [1.807, 2.05) is 0 Å². The highest BCUT2D eigenvalue weighted by molar-refractivity contribution is 7.99. The molecule has 0 bridgehead atoms. The van der Waals surface area contributed by atoms with Crippen molar-refractivity contribution < 1.29 is 4.79 Å². The zero-order chi connectivity index (χ0) is 15.4. The number of rotatable bonds is 6. The Morgan fingerprint density at radius 3 is 2.52 bits per heavy atom. The minimum Gasteiger partial charge on any atom is -0.353 e. The van der Waals surface area contributed by atoms with Gasteiger partial charge in [0.1, 0.15) is 5.82 Å². The van der Waals surface area contributed by atoms with E-state index in [0.29, 0.717) is 23.8 Å². The molecule has 1 aromatic heterocycles. The van der Waals surface area contributed by atoms with Crippen molar-refractivity contribution in [1.82, 2.24) is 20.1 Å². The lowest BCUT2D eigenvalue weighted by Gasteiger charge is -2.15. The van der Waals surface area contributed by atoms with Crippen LogP contribution in [0.5, 0.6) is 0 Å². The van der Waals surface area contributed by atoms with E-state index in [9.17, 15) is 4.79 Å². The van der Waals surface area contributed by atoms with Gasteiger partial charge in [-0.05, 0) is 26.7 Å². The molecule has 1 N–H and O–H groups in total. The smallest absolute Gasteiger partial charge is 0.230 e. The zero-order valence-corrected chi connectivity index (χ0v) is 14.2. The van der Waals surface area contributed by atoms with Gasteiger partial charge < -0.3 is 9.88 Å². The summed E-state index contributed by atoms with van der Waals surface area (Å²) in [6.07, 6.45) is 4.71. The van der Waals surface area contributed by atoms with Gasteiger partial charge in [-0.25, -0.2) is 0 Å². The van der Waals surface area contributed by atoms with Crippen LogP contribution in [0.25, 0.3) is 0 Å². The Morgan fingerprint density at radius 2 is 1.95 bits per heavy atom. The highest BCUT2D eigenvalue weighted by Gasteiger charge is 2.20. The van der Waals surface area contributed by atoms with Crippen LogP contribution < -0.4 is 5.32 Å². The largest absolute Gasteiger partial charge is 0.353 e. The molecule has 21 heavy (non-hydrogen) atoms. The van der Waals surface area contributed by atoms with Gasteiger partial charge in [0.05, 0.1) is 5.75 Å². The van der Waals surface area contributed by atoms with E-state index in [2.05, 4.69) is 47.8 Å². The van der Waals surface area contributed by atoms with E-state index in [-0.39, 0.29) is 5.91 Å². The fourth-order valence-corrected chi connectivity index (χ4v) is 3.62. The zero-order valence-electron chi connectivity index (χ0n) is 13.4. The lowest BCUT2D eigenvalue weighted by molar-refractivity contribution is -0.119. The van der Waals surface area contributed by atoms with Crippen LogP contribution in [-0.4, -0.2) is 32.5 Å². The maximum Gasteiger partial charge on any atom is 0.230 e. The van der Waals surface area contributed by atoms with Crippen molar-refractivity contribution in [3.63, 3.8) is 0 Å². The Kier molecular flexibility index (Phi) is 5.67. The molecule has 118 valence electrons. The second-order valence-electron chi connectivity index (χ2n) is 6.30. The van der Waals surface area contributed by atoms with Crippen LogP contribution in [0.2, 0.25) is 0 Å². The first kappa shape index (κ1) is 16.3. The summed E-state index contributed by atoms with van der Waals surface area (Å²) in [5, 5.41) is 12.5. The van der Waals surface area contributed by atoms with E-state index >= 15 is 0 Å².